The van der Waals surface area contributed by atoms with Gasteiger partial charge in [0.05, 0.1) is 14.2 Å². The number of hydrogen-bond donors (Lipinski definition) is 2. The Morgan fingerprint density at radius 1 is 1.00 bits per heavy atom. The van der Waals surface area contributed by atoms with E-state index in [0.717, 1.165) is 12.2 Å². The number of anilines is 1. The molecule has 0 unspecified atom stereocenters. The van der Waals surface area contributed by atoms with Gasteiger partial charge in [0.1, 0.15) is 0 Å². The highest BCUT2D eigenvalue weighted by molar-refractivity contribution is 5.93. The van der Waals surface area contributed by atoms with E-state index in [-0.39, 0.29) is 0 Å². The molecule has 0 aliphatic rings. The fraction of sp³-hybridized carbons (Fsp3) is 0.350. The maximum Gasteiger partial charge on any atom is 0.195 e. The van der Waals surface area contributed by atoms with Crippen molar-refractivity contribution in [1.82, 2.24) is 10.2 Å². The molecule has 0 spiro atoms. The lowest BCUT2D eigenvalue weighted by Crippen LogP contribution is -2.30. The van der Waals surface area contributed by atoms with Crippen molar-refractivity contribution in [2.45, 2.75) is 13.1 Å². The third-order valence-electron chi connectivity index (χ3n) is 3.82. The van der Waals surface area contributed by atoms with Gasteiger partial charge in [-0.1, -0.05) is 24.3 Å². The van der Waals surface area contributed by atoms with Crippen molar-refractivity contribution in [2.75, 3.05) is 40.7 Å². The Balaban J connectivity index is 2.00. The molecule has 0 heterocycles. The Kier molecular flexibility index (Phi) is 7.29. The van der Waals surface area contributed by atoms with Crippen LogP contribution in [-0.4, -0.2) is 46.2 Å². The van der Waals surface area contributed by atoms with Crippen molar-refractivity contribution in [1.29, 1.82) is 0 Å². The van der Waals surface area contributed by atoms with Crippen LogP contribution in [0, 0.1) is 0 Å². The van der Waals surface area contributed by atoms with Gasteiger partial charge in [0.2, 0.25) is 0 Å². The zero-order chi connectivity index (χ0) is 18.9. The van der Waals surface area contributed by atoms with E-state index in [0.29, 0.717) is 24.0 Å². The van der Waals surface area contributed by atoms with Crippen molar-refractivity contribution < 1.29 is 9.47 Å². The van der Waals surface area contributed by atoms with Crippen molar-refractivity contribution in [3.63, 3.8) is 0 Å². The van der Waals surface area contributed by atoms with Crippen LogP contribution in [0.1, 0.15) is 11.1 Å². The number of nitrogens with zero attached hydrogens (tertiary/aromatic N) is 2. The minimum absolute atomic E-state index is 0.671. The summed E-state index contributed by atoms with van der Waals surface area (Å²) in [4.78, 5) is 6.44. The Morgan fingerprint density at radius 3 is 2.38 bits per heavy atom. The molecule has 0 atom stereocenters. The van der Waals surface area contributed by atoms with Gasteiger partial charge in [-0.3, -0.25) is 4.99 Å². The molecule has 2 aromatic rings. The highest BCUT2D eigenvalue weighted by Crippen LogP contribution is 2.29. The minimum Gasteiger partial charge on any atom is -0.493 e. The molecular weight excluding hydrogens is 328 g/mol. The molecule has 0 amide bonds. The number of ether oxygens (including phenoxy) is 2. The Morgan fingerprint density at radius 2 is 1.73 bits per heavy atom. The van der Waals surface area contributed by atoms with Gasteiger partial charge in [-0.15, -0.1) is 0 Å². The molecule has 2 rings (SSSR count). The molecule has 2 N–H and O–H groups in total. The van der Waals surface area contributed by atoms with Crippen LogP contribution in [0.15, 0.2) is 47.5 Å². The zero-order valence-electron chi connectivity index (χ0n) is 16.2. The molecule has 0 saturated heterocycles. The van der Waals surface area contributed by atoms with E-state index in [9.17, 15) is 0 Å². The topological polar surface area (TPSA) is 58.1 Å². The second-order valence-corrected chi connectivity index (χ2v) is 6.18. The zero-order valence-corrected chi connectivity index (χ0v) is 16.2. The quantitative estimate of drug-likeness (QED) is 0.590. The summed E-state index contributed by atoms with van der Waals surface area (Å²) in [6, 6.07) is 14.2. The van der Waals surface area contributed by atoms with Crippen LogP contribution < -0.4 is 20.1 Å². The van der Waals surface area contributed by atoms with Crippen LogP contribution in [0.5, 0.6) is 11.5 Å². The number of nitrogens with one attached hydrogen (secondary N) is 2. The summed E-state index contributed by atoms with van der Waals surface area (Å²) in [6.07, 6.45) is 0. The Labute approximate surface area is 155 Å². The fourth-order valence-corrected chi connectivity index (χ4v) is 2.62. The molecule has 0 aromatic heterocycles. The van der Waals surface area contributed by atoms with Gasteiger partial charge in [0.15, 0.2) is 17.5 Å². The molecule has 26 heavy (non-hydrogen) atoms. The Bertz CT molecular complexity index is 744. The SMILES string of the molecule is CN=C(NCc1cccc(CN(C)C)c1)Nc1ccc(OC)c(OC)c1. The second kappa shape index (κ2) is 9.68. The van der Waals surface area contributed by atoms with E-state index >= 15 is 0 Å². The predicted molar refractivity (Wildman–Crippen MR) is 107 cm³/mol. The van der Waals surface area contributed by atoms with Gasteiger partial charge in [-0.25, -0.2) is 0 Å². The molecule has 140 valence electrons. The van der Waals surface area contributed by atoms with Crippen molar-refractivity contribution in [2.24, 2.45) is 4.99 Å². The maximum atomic E-state index is 5.34. The highest BCUT2D eigenvalue weighted by atomic mass is 16.5. The summed E-state index contributed by atoms with van der Waals surface area (Å²) in [5.74, 6) is 2.05. The van der Waals surface area contributed by atoms with E-state index in [1.165, 1.54) is 11.1 Å². The first-order valence-corrected chi connectivity index (χ1v) is 8.48. The van der Waals surface area contributed by atoms with Gasteiger partial charge in [0.25, 0.3) is 0 Å². The summed E-state index contributed by atoms with van der Waals surface area (Å²) in [6.45, 7) is 1.61. The number of aliphatic imine (C=N–C) groups is 1. The van der Waals surface area contributed by atoms with Gasteiger partial charge >= 0.3 is 0 Å². The second-order valence-electron chi connectivity index (χ2n) is 6.18. The number of rotatable bonds is 7. The minimum atomic E-state index is 0.671. The van der Waals surface area contributed by atoms with Crippen LogP contribution in [0.25, 0.3) is 0 Å². The van der Waals surface area contributed by atoms with E-state index in [4.69, 9.17) is 9.47 Å². The van der Waals surface area contributed by atoms with Crippen molar-refractivity contribution in [3.05, 3.63) is 53.6 Å². The molecule has 0 aliphatic carbocycles. The Hall–Kier alpha value is -2.73. The molecule has 2 aromatic carbocycles. The van der Waals surface area contributed by atoms with Gasteiger partial charge < -0.3 is 25.0 Å². The molecule has 0 radical (unpaired) electrons. The van der Waals surface area contributed by atoms with Crippen molar-refractivity contribution in [3.8, 4) is 11.5 Å². The summed E-state index contributed by atoms with van der Waals surface area (Å²) in [5.41, 5.74) is 3.37. The first kappa shape index (κ1) is 19.6. The summed E-state index contributed by atoms with van der Waals surface area (Å²) >= 11 is 0. The van der Waals surface area contributed by atoms with Gasteiger partial charge in [0, 0.05) is 31.9 Å². The van der Waals surface area contributed by atoms with Crippen LogP contribution >= 0.6 is 0 Å². The molecule has 6 heteroatoms. The third-order valence-corrected chi connectivity index (χ3v) is 3.82. The lowest BCUT2D eigenvalue weighted by atomic mass is 10.1. The van der Waals surface area contributed by atoms with E-state index in [1.54, 1.807) is 21.3 Å². The molecule has 0 saturated carbocycles. The lowest BCUT2D eigenvalue weighted by Gasteiger charge is -2.15. The maximum absolute atomic E-state index is 5.34. The molecule has 0 fully saturated rings. The molecule has 0 bridgehead atoms. The first-order valence-electron chi connectivity index (χ1n) is 8.48. The summed E-state index contributed by atoms with van der Waals surface area (Å²) < 4.78 is 10.6. The normalized spacial score (nSPS) is 11.4. The first-order chi connectivity index (χ1) is 12.5. The van der Waals surface area contributed by atoms with Crippen LogP contribution in [0.2, 0.25) is 0 Å². The van der Waals surface area contributed by atoms with E-state index < -0.39 is 0 Å². The lowest BCUT2D eigenvalue weighted by molar-refractivity contribution is 0.355. The highest BCUT2D eigenvalue weighted by Gasteiger charge is 2.06. The average Bonchev–Trinajstić information content (AvgIpc) is 2.64. The van der Waals surface area contributed by atoms with Crippen molar-refractivity contribution >= 4 is 11.6 Å². The molecule has 0 aliphatic heterocycles. The van der Waals surface area contributed by atoms with Crippen LogP contribution in [-0.2, 0) is 13.1 Å². The number of benzene rings is 2. The standard InChI is InChI=1S/C20H28N4O2/c1-21-20(23-17-9-10-18(25-4)19(12-17)26-5)22-13-15-7-6-8-16(11-15)14-24(2)3/h6-12H,13-14H2,1-5H3,(H2,21,22,23). The van der Waals surface area contributed by atoms with Crippen LogP contribution in [0.4, 0.5) is 5.69 Å². The van der Waals surface area contributed by atoms with Crippen LogP contribution in [0.3, 0.4) is 0 Å². The van der Waals surface area contributed by atoms with E-state index in [1.807, 2.05) is 18.2 Å². The van der Waals surface area contributed by atoms with E-state index in [2.05, 4.69) is 58.9 Å². The average molecular weight is 356 g/mol. The number of methoxy groups -OCH3 is 2. The largest absolute Gasteiger partial charge is 0.493 e. The van der Waals surface area contributed by atoms with Gasteiger partial charge in [-0.2, -0.15) is 0 Å². The third kappa shape index (κ3) is 5.67. The summed E-state index contributed by atoms with van der Waals surface area (Å²) in [7, 11) is 9.13. The monoisotopic (exact) mass is 356 g/mol. The fourth-order valence-electron chi connectivity index (χ4n) is 2.62. The number of hydrogen-bond acceptors (Lipinski definition) is 4. The number of guanidine groups is 1. The van der Waals surface area contributed by atoms with Gasteiger partial charge in [-0.05, 0) is 37.4 Å². The molecule has 6 nitrogen and oxygen atoms in total. The smallest absolute Gasteiger partial charge is 0.195 e. The molecular formula is C20H28N4O2. The predicted octanol–water partition coefficient (Wildman–Crippen LogP) is 2.95. The summed E-state index contributed by atoms with van der Waals surface area (Å²) in [5, 5.41) is 6.60.